The van der Waals surface area contributed by atoms with Crippen LogP contribution in [0.5, 0.6) is 0 Å². The number of aliphatic hydroxyl groups excluding tert-OH is 1. The van der Waals surface area contributed by atoms with E-state index < -0.39 is 11.9 Å². The molecule has 0 saturated carbocycles. The normalized spacial score (nSPS) is 13.7. The average molecular weight is 87.1 g/mol. The average Bonchev–Trinajstić information content (AvgIpc) is 1.36. The van der Waals surface area contributed by atoms with Crippen LogP contribution in [-0.4, -0.2) is 11.2 Å². The Balaban J connectivity index is 3.26. The van der Waals surface area contributed by atoms with Gasteiger partial charge in [0.25, 0.3) is 0 Å². The zero-order valence-electron chi connectivity index (χ0n) is 3.64. The molecule has 1 N–H and O–H groups in total. The van der Waals surface area contributed by atoms with Gasteiger partial charge in [0.1, 0.15) is 0 Å². The third-order valence-electron chi connectivity index (χ3n) is 0.466. The van der Waals surface area contributed by atoms with Crippen LogP contribution in [0.2, 0.25) is 0 Å². The van der Waals surface area contributed by atoms with E-state index in [0.717, 1.165) is 0 Å². The molecule has 6 heavy (non-hydrogen) atoms. The van der Waals surface area contributed by atoms with Gasteiger partial charge in [0.2, 0.25) is 0 Å². The third-order valence-corrected chi connectivity index (χ3v) is 0.466. The lowest BCUT2D eigenvalue weighted by Gasteiger charge is -2.10. The number of aliphatic hydroxyl groups is 1. The number of hydrogen-bond donors (Lipinski definition) is 1. The van der Waals surface area contributed by atoms with Crippen molar-refractivity contribution in [1.82, 2.24) is 0 Å². The van der Waals surface area contributed by atoms with Crippen LogP contribution in [0.4, 0.5) is 0 Å². The molecule has 1 atom stereocenters. The molecular formula is C4H7O2-. The van der Waals surface area contributed by atoms with Gasteiger partial charge in [-0.3, -0.25) is 0 Å². The minimum Gasteiger partial charge on any atom is -0.874 e. The Bertz CT molecular complexity index is 56.6. The molecule has 2 heteroatoms. The third kappa shape index (κ3) is 1.79. The lowest BCUT2D eigenvalue weighted by molar-refractivity contribution is -0.317. The highest BCUT2D eigenvalue weighted by molar-refractivity contribution is 4.82. The first kappa shape index (κ1) is 5.50. The Labute approximate surface area is 36.7 Å². The van der Waals surface area contributed by atoms with Crippen molar-refractivity contribution < 1.29 is 10.2 Å². The van der Waals surface area contributed by atoms with E-state index in [4.69, 9.17) is 5.11 Å². The van der Waals surface area contributed by atoms with Gasteiger partial charge in [0.05, 0.1) is 6.10 Å². The van der Waals surface area contributed by atoms with Crippen LogP contribution >= 0.6 is 0 Å². The van der Waals surface area contributed by atoms with Crippen LogP contribution in [-0.2, 0) is 0 Å². The first-order chi connectivity index (χ1) is 2.64. The van der Waals surface area contributed by atoms with E-state index >= 15 is 0 Å². The molecule has 0 bridgehead atoms. The molecule has 0 rings (SSSR count). The Hall–Kier alpha value is -0.500. The standard InChI is InChI=1S/C4H8O2/c1-3(5)4(2)6/h4-6H,1H2,2H3/p-1. The molecule has 0 aromatic heterocycles. The maximum absolute atomic E-state index is 9.78. The maximum Gasteiger partial charge on any atom is 0.0617 e. The summed E-state index contributed by atoms with van der Waals surface area (Å²) in [5.74, 6) is -0.435. The summed E-state index contributed by atoms with van der Waals surface area (Å²) >= 11 is 0. The molecule has 0 aliphatic rings. The van der Waals surface area contributed by atoms with Gasteiger partial charge in [-0.15, -0.1) is 12.3 Å². The maximum atomic E-state index is 9.78. The van der Waals surface area contributed by atoms with Crippen LogP contribution in [0.25, 0.3) is 0 Å². The Kier molecular flexibility index (Phi) is 1.67. The van der Waals surface area contributed by atoms with Crippen molar-refractivity contribution in [2.45, 2.75) is 13.0 Å². The summed E-state index contributed by atoms with van der Waals surface area (Å²) in [6.07, 6.45) is -0.898. The Morgan fingerprint density at radius 1 is 2.00 bits per heavy atom. The second-order valence-corrected chi connectivity index (χ2v) is 1.14. The fourth-order valence-electron chi connectivity index (χ4n) is 0. The zero-order chi connectivity index (χ0) is 5.15. The van der Waals surface area contributed by atoms with Crippen LogP contribution in [0.3, 0.4) is 0 Å². The SMILES string of the molecule is C=C([O-])C(C)O. The van der Waals surface area contributed by atoms with Crippen molar-refractivity contribution in [1.29, 1.82) is 0 Å². The molecule has 0 aliphatic carbocycles. The highest BCUT2D eigenvalue weighted by Crippen LogP contribution is 1.83. The van der Waals surface area contributed by atoms with Gasteiger partial charge >= 0.3 is 0 Å². The van der Waals surface area contributed by atoms with Crippen molar-refractivity contribution in [3.63, 3.8) is 0 Å². The molecule has 0 aromatic carbocycles. The highest BCUT2D eigenvalue weighted by Gasteiger charge is 1.82. The summed E-state index contributed by atoms with van der Waals surface area (Å²) in [6, 6.07) is 0. The Morgan fingerprint density at radius 3 is 2.17 bits per heavy atom. The summed E-state index contributed by atoms with van der Waals surface area (Å²) in [6.45, 7) is 4.33. The summed E-state index contributed by atoms with van der Waals surface area (Å²) in [7, 11) is 0. The van der Waals surface area contributed by atoms with Gasteiger partial charge in [-0.25, -0.2) is 0 Å². The molecule has 1 unspecified atom stereocenters. The van der Waals surface area contributed by atoms with Gasteiger partial charge < -0.3 is 10.2 Å². The predicted molar refractivity (Wildman–Crippen MR) is 20.8 cm³/mol. The molecule has 0 aromatic rings. The van der Waals surface area contributed by atoms with Gasteiger partial charge in [0.15, 0.2) is 0 Å². The quantitative estimate of drug-likeness (QED) is 0.427. The van der Waals surface area contributed by atoms with E-state index in [1.54, 1.807) is 0 Å². The lowest BCUT2D eigenvalue weighted by atomic mass is 10.4. The lowest BCUT2D eigenvalue weighted by Crippen LogP contribution is -2.14. The van der Waals surface area contributed by atoms with Crippen molar-refractivity contribution >= 4 is 0 Å². The first-order valence-corrected chi connectivity index (χ1v) is 1.68. The van der Waals surface area contributed by atoms with Gasteiger partial charge in [-0.05, 0) is 6.92 Å². The monoisotopic (exact) mass is 87.0 g/mol. The highest BCUT2D eigenvalue weighted by atomic mass is 16.3. The molecule has 0 saturated heterocycles. The second-order valence-electron chi connectivity index (χ2n) is 1.14. The minimum atomic E-state index is -0.898. The molecular weight excluding hydrogens is 80.0 g/mol. The Morgan fingerprint density at radius 2 is 2.17 bits per heavy atom. The summed E-state index contributed by atoms with van der Waals surface area (Å²) in [5, 5.41) is 18.0. The van der Waals surface area contributed by atoms with Crippen molar-refractivity contribution in [2.75, 3.05) is 0 Å². The smallest absolute Gasteiger partial charge is 0.0617 e. The molecule has 36 valence electrons. The minimum absolute atomic E-state index is 0.435. The van der Waals surface area contributed by atoms with Crippen molar-refractivity contribution in [3.8, 4) is 0 Å². The van der Waals surface area contributed by atoms with E-state index in [-0.39, 0.29) is 0 Å². The van der Waals surface area contributed by atoms with E-state index in [1.807, 2.05) is 0 Å². The zero-order valence-corrected chi connectivity index (χ0v) is 3.64. The van der Waals surface area contributed by atoms with Gasteiger partial charge in [0, 0.05) is 0 Å². The van der Waals surface area contributed by atoms with E-state index in [2.05, 4.69) is 6.58 Å². The molecule has 0 fully saturated rings. The fourth-order valence-corrected chi connectivity index (χ4v) is 0. The largest absolute Gasteiger partial charge is 0.874 e. The summed E-state index contributed by atoms with van der Waals surface area (Å²) < 4.78 is 0. The molecule has 0 radical (unpaired) electrons. The van der Waals surface area contributed by atoms with Crippen LogP contribution in [0, 0.1) is 0 Å². The molecule has 0 amide bonds. The molecule has 0 heterocycles. The van der Waals surface area contributed by atoms with Crippen molar-refractivity contribution in [2.24, 2.45) is 0 Å². The van der Waals surface area contributed by atoms with Crippen LogP contribution < -0.4 is 5.11 Å². The second kappa shape index (κ2) is 1.82. The first-order valence-electron chi connectivity index (χ1n) is 1.68. The van der Waals surface area contributed by atoms with Gasteiger partial charge in [-0.2, -0.15) is 0 Å². The van der Waals surface area contributed by atoms with Crippen LogP contribution in [0.15, 0.2) is 12.3 Å². The van der Waals surface area contributed by atoms with E-state index in [1.165, 1.54) is 6.92 Å². The molecule has 0 aliphatic heterocycles. The van der Waals surface area contributed by atoms with Crippen molar-refractivity contribution in [3.05, 3.63) is 12.3 Å². The molecule has 0 spiro atoms. The predicted octanol–water partition coefficient (Wildman–Crippen LogP) is -0.759. The number of hydrogen-bond acceptors (Lipinski definition) is 2. The topological polar surface area (TPSA) is 43.3 Å². The van der Waals surface area contributed by atoms with Gasteiger partial charge in [-0.1, -0.05) is 0 Å². The fraction of sp³-hybridized carbons (Fsp3) is 0.500. The summed E-state index contributed by atoms with van der Waals surface area (Å²) in [5.41, 5.74) is 0. The number of rotatable bonds is 1. The molecule has 2 nitrogen and oxygen atoms in total. The van der Waals surface area contributed by atoms with Crippen LogP contribution in [0.1, 0.15) is 6.92 Å². The van der Waals surface area contributed by atoms with E-state index in [0.29, 0.717) is 0 Å². The summed E-state index contributed by atoms with van der Waals surface area (Å²) in [4.78, 5) is 0. The van der Waals surface area contributed by atoms with E-state index in [9.17, 15) is 5.11 Å².